The molecule has 3 heterocycles. The highest BCUT2D eigenvalue weighted by Crippen LogP contribution is 2.36. The monoisotopic (exact) mass is 326 g/mol. The first kappa shape index (κ1) is 15.2. The molecule has 4 rings (SSSR count). The van der Waals surface area contributed by atoms with E-state index in [0.29, 0.717) is 19.4 Å². The fourth-order valence-electron chi connectivity index (χ4n) is 4.00. The second kappa shape index (κ2) is 6.28. The van der Waals surface area contributed by atoms with Crippen LogP contribution in [-0.2, 0) is 6.54 Å². The topological polar surface area (TPSA) is 70.4 Å². The summed E-state index contributed by atoms with van der Waals surface area (Å²) in [6, 6.07) is 10.1. The van der Waals surface area contributed by atoms with E-state index in [1.807, 2.05) is 46.1 Å². The summed E-state index contributed by atoms with van der Waals surface area (Å²) < 4.78 is 1.85. The number of nitrogens with one attached hydrogen (secondary N) is 1. The van der Waals surface area contributed by atoms with Gasteiger partial charge in [-0.05, 0) is 49.4 Å². The number of carbonyl (C=O) groups is 1. The summed E-state index contributed by atoms with van der Waals surface area (Å²) in [5, 5.41) is 17.1. The maximum atomic E-state index is 12.7. The van der Waals surface area contributed by atoms with Crippen molar-refractivity contribution in [3.05, 3.63) is 48.3 Å². The van der Waals surface area contributed by atoms with Gasteiger partial charge in [0.1, 0.15) is 0 Å². The van der Waals surface area contributed by atoms with Crippen LogP contribution in [0.5, 0.6) is 0 Å². The van der Waals surface area contributed by atoms with Gasteiger partial charge in [-0.3, -0.25) is 4.68 Å². The minimum Gasteiger partial charge on any atom is -0.393 e. The maximum Gasteiger partial charge on any atom is 0.322 e. The number of amides is 2. The molecule has 1 unspecified atom stereocenters. The number of aromatic nitrogens is 2. The molecule has 0 spiro atoms. The number of aliphatic hydroxyl groups excluding tert-OH is 1. The maximum absolute atomic E-state index is 12.7. The Bertz CT molecular complexity index is 702. The van der Waals surface area contributed by atoms with Gasteiger partial charge >= 0.3 is 6.03 Å². The van der Waals surface area contributed by atoms with Crippen molar-refractivity contribution in [3.8, 4) is 0 Å². The van der Waals surface area contributed by atoms with E-state index in [9.17, 15) is 9.90 Å². The number of urea groups is 1. The zero-order valence-corrected chi connectivity index (χ0v) is 13.5. The van der Waals surface area contributed by atoms with Crippen LogP contribution < -0.4 is 5.32 Å². The first-order valence-corrected chi connectivity index (χ1v) is 8.53. The van der Waals surface area contributed by atoms with Crippen molar-refractivity contribution >= 4 is 11.7 Å². The van der Waals surface area contributed by atoms with Crippen molar-refractivity contribution in [1.82, 2.24) is 14.7 Å². The van der Waals surface area contributed by atoms with Gasteiger partial charge in [0.05, 0.1) is 12.6 Å². The van der Waals surface area contributed by atoms with Gasteiger partial charge in [-0.1, -0.05) is 12.1 Å². The molecular formula is C18H22N4O2. The van der Waals surface area contributed by atoms with Crippen LogP contribution in [-0.4, -0.2) is 44.0 Å². The highest BCUT2D eigenvalue weighted by molar-refractivity contribution is 5.90. The first-order chi connectivity index (χ1) is 11.7. The van der Waals surface area contributed by atoms with Crippen molar-refractivity contribution in [1.29, 1.82) is 0 Å². The summed E-state index contributed by atoms with van der Waals surface area (Å²) in [4.78, 5) is 14.6. The lowest BCUT2D eigenvalue weighted by Gasteiger charge is -2.37. The molecule has 2 aliphatic rings. The van der Waals surface area contributed by atoms with Crippen LogP contribution in [0.3, 0.4) is 0 Å². The van der Waals surface area contributed by atoms with Crippen molar-refractivity contribution in [3.63, 3.8) is 0 Å². The summed E-state index contributed by atoms with van der Waals surface area (Å²) >= 11 is 0. The molecule has 2 bridgehead atoms. The van der Waals surface area contributed by atoms with Crippen LogP contribution in [0.2, 0.25) is 0 Å². The number of piperidine rings is 1. The van der Waals surface area contributed by atoms with Crippen LogP contribution in [0.15, 0.2) is 42.7 Å². The molecular weight excluding hydrogens is 304 g/mol. The lowest BCUT2D eigenvalue weighted by Crippen LogP contribution is -2.49. The molecule has 1 aromatic heterocycles. The molecule has 2 N–H and O–H groups in total. The minimum atomic E-state index is -0.260. The third-order valence-corrected chi connectivity index (χ3v) is 5.02. The Labute approximate surface area is 141 Å². The third-order valence-electron chi connectivity index (χ3n) is 5.02. The number of carbonyl (C=O) groups excluding carboxylic acids is 1. The van der Waals surface area contributed by atoms with Gasteiger partial charge in [0, 0.05) is 30.2 Å². The zero-order chi connectivity index (χ0) is 16.5. The van der Waals surface area contributed by atoms with E-state index < -0.39 is 0 Å². The molecule has 2 aliphatic heterocycles. The fourth-order valence-corrected chi connectivity index (χ4v) is 4.00. The molecule has 2 fully saturated rings. The van der Waals surface area contributed by atoms with Crippen LogP contribution in [0.25, 0.3) is 0 Å². The SMILES string of the molecule is O=C(Nc1cccc(Cn2cccn2)c1)N1[C@@H]2CC[C@H]1CC(O)C2. The molecule has 1 aromatic carbocycles. The molecule has 0 radical (unpaired) electrons. The molecule has 126 valence electrons. The van der Waals surface area contributed by atoms with E-state index in [2.05, 4.69) is 10.4 Å². The minimum absolute atomic E-state index is 0.0503. The number of fused-ring (bicyclic) bond motifs is 2. The summed E-state index contributed by atoms with van der Waals surface area (Å²) in [5.41, 5.74) is 1.89. The Morgan fingerprint density at radius 2 is 2.04 bits per heavy atom. The van der Waals surface area contributed by atoms with Crippen molar-refractivity contribution in [2.24, 2.45) is 0 Å². The number of nitrogens with zero attached hydrogens (tertiary/aromatic N) is 3. The summed E-state index contributed by atoms with van der Waals surface area (Å²) in [5.74, 6) is 0. The van der Waals surface area contributed by atoms with E-state index in [-0.39, 0.29) is 24.2 Å². The average Bonchev–Trinajstić information content (AvgIpc) is 3.14. The van der Waals surface area contributed by atoms with Gasteiger partial charge < -0.3 is 15.3 Å². The fraction of sp³-hybridized carbons (Fsp3) is 0.444. The number of aliphatic hydroxyl groups is 1. The lowest BCUT2D eigenvalue weighted by molar-refractivity contribution is 0.0580. The predicted molar refractivity (Wildman–Crippen MR) is 90.7 cm³/mol. The largest absolute Gasteiger partial charge is 0.393 e. The van der Waals surface area contributed by atoms with Gasteiger partial charge in [-0.2, -0.15) is 5.10 Å². The average molecular weight is 326 g/mol. The molecule has 2 aromatic rings. The lowest BCUT2D eigenvalue weighted by atomic mass is 10.0. The van der Waals surface area contributed by atoms with Gasteiger partial charge in [-0.25, -0.2) is 4.79 Å². The highest BCUT2D eigenvalue weighted by atomic mass is 16.3. The second-order valence-corrected chi connectivity index (χ2v) is 6.75. The quantitative estimate of drug-likeness (QED) is 0.910. The number of benzene rings is 1. The first-order valence-electron chi connectivity index (χ1n) is 8.53. The normalized spacial score (nSPS) is 25.7. The van der Waals surface area contributed by atoms with E-state index >= 15 is 0 Å². The van der Waals surface area contributed by atoms with Gasteiger partial charge in [-0.15, -0.1) is 0 Å². The standard InChI is InChI=1S/C18H22N4O2/c23-17-10-15-5-6-16(11-17)22(15)18(24)20-14-4-1-3-13(9-14)12-21-8-2-7-19-21/h1-4,7-9,15-17,23H,5-6,10-12H2,(H,20,24)/t15-,16+,17?. The van der Waals surface area contributed by atoms with E-state index in [1.165, 1.54) is 0 Å². The van der Waals surface area contributed by atoms with Crippen LogP contribution in [0.1, 0.15) is 31.2 Å². The molecule has 0 aliphatic carbocycles. The van der Waals surface area contributed by atoms with Crippen LogP contribution in [0.4, 0.5) is 10.5 Å². The Kier molecular flexibility index (Phi) is 3.98. The summed E-state index contributed by atoms with van der Waals surface area (Å²) in [6.07, 6.45) is 6.80. The van der Waals surface area contributed by atoms with Crippen molar-refractivity contribution in [2.75, 3.05) is 5.32 Å². The van der Waals surface area contributed by atoms with E-state index in [0.717, 1.165) is 24.1 Å². The van der Waals surface area contributed by atoms with Gasteiger partial charge in [0.15, 0.2) is 0 Å². The number of rotatable bonds is 3. The Morgan fingerprint density at radius 1 is 1.25 bits per heavy atom. The van der Waals surface area contributed by atoms with Crippen LogP contribution in [0, 0.1) is 0 Å². The molecule has 2 saturated heterocycles. The van der Waals surface area contributed by atoms with Crippen LogP contribution >= 0.6 is 0 Å². The molecule has 6 nitrogen and oxygen atoms in total. The highest BCUT2D eigenvalue weighted by Gasteiger charge is 2.42. The van der Waals surface area contributed by atoms with Gasteiger partial charge in [0.2, 0.25) is 0 Å². The van der Waals surface area contributed by atoms with E-state index in [1.54, 1.807) is 6.20 Å². The van der Waals surface area contributed by atoms with E-state index in [4.69, 9.17) is 0 Å². The number of hydrogen-bond acceptors (Lipinski definition) is 3. The Balaban J connectivity index is 1.44. The summed E-state index contributed by atoms with van der Waals surface area (Å²) in [6.45, 7) is 0.678. The predicted octanol–water partition coefficient (Wildman–Crippen LogP) is 2.45. The molecule has 2 amide bonds. The molecule has 6 heteroatoms. The smallest absolute Gasteiger partial charge is 0.322 e. The Morgan fingerprint density at radius 3 is 2.75 bits per heavy atom. The summed E-state index contributed by atoms with van der Waals surface area (Å²) in [7, 11) is 0. The number of hydrogen-bond donors (Lipinski definition) is 2. The third kappa shape index (κ3) is 3.01. The zero-order valence-electron chi connectivity index (χ0n) is 13.5. The van der Waals surface area contributed by atoms with Crippen molar-refractivity contribution in [2.45, 2.75) is 50.4 Å². The second-order valence-electron chi connectivity index (χ2n) is 6.75. The molecule has 0 saturated carbocycles. The molecule has 24 heavy (non-hydrogen) atoms. The Hall–Kier alpha value is -2.34. The van der Waals surface area contributed by atoms with Crippen molar-refractivity contribution < 1.29 is 9.90 Å². The molecule has 3 atom stereocenters. The van der Waals surface area contributed by atoms with Gasteiger partial charge in [0.25, 0.3) is 0 Å². The number of anilines is 1.